The second-order valence-electron chi connectivity index (χ2n) is 5.88. The molecule has 0 spiro atoms. The van der Waals surface area contributed by atoms with Crippen molar-refractivity contribution in [2.75, 3.05) is 7.05 Å². The number of nitrogens with zero attached hydrogens (tertiary/aromatic N) is 3. The highest BCUT2D eigenvalue weighted by molar-refractivity contribution is 5.94. The lowest BCUT2D eigenvalue weighted by atomic mass is 9.90. The summed E-state index contributed by atoms with van der Waals surface area (Å²) in [4.78, 5) is 17.9. The van der Waals surface area contributed by atoms with Crippen molar-refractivity contribution in [2.45, 2.75) is 38.8 Å². The van der Waals surface area contributed by atoms with Gasteiger partial charge in [0, 0.05) is 25.0 Å². The molecule has 0 bridgehead atoms. The summed E-state index contributed by atoms with van der Waals surface area (Å²) in [5.74, 6) is -0.00370. The Morgan fingerprint density at radius 1 is 1.30 bits per heavy atom. The summed E-state index contributed by atoms with van der Waals surface area (Å²) in [5, 5.41) is 0. The molecule has 1 amide bonds. The summed E-state index contributed by atoms with van der Waals surface area (Å²) < 4.78 is 26.5. The highest BCUT2D eigenvalue weighted by atomic mass is 19.3. The maximum absolute atomic E-state index is 12.8. The van der Waals surface area contributed by atoms with Crippen LogP contribution in [0.25, 0.3) is 0 Å². The fourth-order valence-electron chi connectivity index (χ4n) is 3.01. The molecule has 4 nitrogen and oxygen atoms in total. The molecule has 0 unspecified atom stereocenters. The normalized spacial score (nSPS) is 13.9. The number of aromatic nitrogens is 2. The van der Waals surface area contributed by atoms with E-state index >= 15 is 0 Å². The number of amides is 1. The van der Waals surface area contributed by atoms with Gasteiger partial charge in [0.05, 0.1) is 6.54 Å². The first-order chi connectivity index (χ1) is 11.1. The Morgan fingerprint density at radius 3 is 2.78 bits per heavy atom. The Morgan fingerprint density at radius 2 is 2.04 bits per heavy atom. The molecule has 0 aliphatic heterocycles. The average Bonchev–Trinajstić information content (AvgIpc) is 3.02. The SMILES string of the molecule is CN(Cc1nccn1C(F)F)C(=O)c1ccc2c(c1)CCCC2. The van der Waals surface area contributed by atoms with Crippen molar-refractivity contribution in [3.05, 3.63) is 53.1 Å². The van der Waals surface area contributed by atoms with Gasteiger partial charge in [-0.3, -0.25) is 9.36 Å². The minimum absolute atomic E-state index is 0.0489. The molecule has 0 atom stereocenters. The number of imidazole rings is 1. The van der Waals surface area contributed by atoms with Crippen LogP contribution in [0, 0.1) is 0 Å². The van der Waals surface area contributed by atoms with Gasteiger partial charge in [-0.1, -0.05) is 6.07 Å². The first kappa shape index (κ1) is 15.6. The molecule has 6 heteroatoms. The van der Waals surface area contributed by atoms with Crippen LogP contribution in [0.4, 0.5) is 8.78 Å². The highest BCUT2D eigenvalue weighted by Crippen LogP contribution is 2.23. The van der Waals surface area contributed by atoms with Crippen LogP contribution < -0.4 is 0 Å². The fourth-order valence-corrected chi connectivity index (χ4v) is 3.01. The molecular formula is C17H19F2N3O. The van der Waals surface area contributed by atoms with Gasteiger partial charge in [0.1, 0.15) is 5.82 Å². The maximum Gasteiger partial charge on any atom is 0.319 e. The van der Waals surface area contributed by atoms with Gasteiger partial charge in [0.15, 0.2) is 0 Å². The smallest absolute Gasteiger partial charge is 0.319 e. The van der Waals surface area contributed by atoms with E-state index in [1.165, 1.54) is 34.8 Å². The van der Waals surface area contributed by atoms with Crippen LogP contribution >= 0.6 is 0 Å². The summed E-state index contributed by atoms with van der Waals surface area (Å²) in [6, 6.07) is 5.77. The van der Waals surface area contributed by atoms with Crippen molar-refractivity contribution in [3.63, 3.8) is 0 Å². The maximum atomic E-state index is 12.8. The summed E-state index contributed by atoms with van der Waals surface area (Å²) in [7, 11) is 1.60. The standard InChI is InChI=1S/C17H19F2N3O/c1-21(11-15-20-8-9-22(15)17(18)19)16(23)14-7-6-12-4-2-3-5-13(12)10-14/h6-10,17H,2-5,11H2,1H3. The van der Waals surface area contributed by atoms with Crippen LogP contribution in [0.3, 0.4) is 0 Å². The minimum atomic E-state index is -2.65. The third-order valence-electron chi connectivity index (χ3n) is 4.28. The zero-order valence-electron chi connectivity index (χ0n) is 13.0. The second kappa shape index (κ2) is 6.48. The largest absolute Gasteiger partial charge is 0.334 e. The Bertz CT molecular complexity index is 712. The van der Waals surface area contributed by atoms with E-state index in [-0.39, 0.29) is 18.3 Å². The van der Waals surface area contributed by atoms with Crippen molar-refractivity contribution >= 4 is 5.91 Å². The molecular weight excluding hydrogens is 300 g/mol. The van der Waals surface area contributed by atoms with Crippen LogP contribution in [0.5, 0.6) is 0 Å². The van der Waals surface area contributed by atoms with Crippen LogP contribution in [0.1, 0.15) is 46.7 Å². The van der Waals surface area contributed by atoms with Gasteiger partial charge in [0.2, 0.25) is 0 Å². The van der Waals surface area contributed by atoms with Gasteiger partial charge in [0.25, 0.3) is 5.91 Å². The van der Waals surface area contributed by atoms with Crippen molar-refractivity contribution in [1.29, 1.82) is 0 Å². The third kappa shape index (κ3) is 3.25. The Hall–Kier alpha value is -2.24. The van der Waals surface area contributed by atoms with E-state index < -0.39 is 6.55 Å². The number of alkyl halides is 2. The molecule has 2 aromatic rings. The number of hydrogen-bond acceptors (Lipinski definition) is 2. The molecule has 1 aromatic heterocycles. The molecule has 0 saturated heterocycles. The zero-order chi connectivity index (χ0) is 16.4. The topological polar surface area (TPSA) is 38.1 Å². The highest BCUT2D eigenvalue weighted by Gasteiger charge is 2.19. The summed E-state index contributed by atoms with van der Waals surface area (Å²) in [6.45, 7) is -2.60. The summed E-state index contributed by atoms with van der Waals surface area (Å²) >= 11 is 0. The number of halogens is 2. The first-order valence-corrected chi connectivity index (χ1v) is 7.73. The third-order valence-corrected chi connectivity index (χ3v) is 4.28. The first-order valence-electron chi connectivity index (χ1n) is 7.73. The lowest BCUT2D eigenvalue weighted by Gasteiger charge is -2.20. The monoisotopic (exact) mass is 319 g/mol. The number of aryl methyl sites for hydroxylation is 2. The average molecular weight is 319 g/mol. The predicted molar refractivity (Wildman–Crippen MR) is 82.4 cm³/mol. The minimum Gasteiger partial charge on any atom is -0.334 e. The number of carbonyl (C=O) groups excluding carboxylic acids is 1. The van der Waals surface area contributed by atoms with E-state index in [4.69, 9.17) is 0 Å². The molecule has 0 radical (unpaired) electrons. The van der Waals surface area contributed by atoms with Crippen LogP contribution in [-0.2, 0) is 19.4 Å². The Kier molecular flexibility index (Phi) is 4.41. The molecule has 122 valence electrons. The van der Waals surface area contributed by atoms with E-state index in [2.05, 4.69) is 4.98 Å². The summed E-state index contributed by atoms with van der Waals surface area (Å²) in [5.41, 5.74) is 3.14. The molecule has 0 saturated carbocycles. The molecule has 1 aromatic carbocycles. The lowest BCUT2D eigenvalue weighted by molar-refractivity contribution is 0.0612. The van der Waals surface area contributed by atoms with Gasteiger partial charge in [-0.2, -0.15) is 8.78 Å². The molecule has 1 aliphatic rings. The van der Waals surface area contributed by atoms with E-state index in [0.717, 1.165) is 23.8 Å². The van der Waals surface area contributed by atoms with E-state index in [1.807, 2.05) is 18.2 Å². The molecule has 0 N–H and O–H groups in total. The van der Waals surface area contributed by atoms with Gasteiger partial charge in [-0.05, 0) is 48.9 Å². The zero-order valence-corrected chi connectivity index (χ0v) is 13.0. The van der Waals surface area contributed by atoms with Crippen molar-refractivity contribution in [1.82, 2.24) is 14.5 Å². The number of benzene rings is 1. The molecule has 0 fully saturated rings. The van der Waals surface area contributed by atoms with Crippen molar-refractivity contribution < 1.29 is 13.6 Å². The van der Waals surface area contributed by atoms with E-state index in [0.29, 0.717) is 5.56 Å². The quantitative estimate of drug-likeness (QED) is 0.866. The fraction of sp³-hybridized carbons (Fsp3) is 0.412. The lowest BCUT2D eigenvalue weighted by Crippen LogP contribution is -2.28. The van der Waals surface area contributed by atoms with Crippen molar-refractivity contribution in [2.24, 2.45) is 0 Å². The molecule has 3 rings (SSSR count). The van der Waals surface area contributed by atoms with Crippen LogP contribution in [-0.4, -0.2) is 27.4 Å². The van der Waals surface area contributed by atoms with Gasteiger partial charge in [-0.25, -0.2) is 4.98 Å². The number of carbonyl (C=O) groups is 1. The van der Waals surface area contributed by atoms with Gasteiger partial charge < -0.3 is 4.90 Å². The molecule has 1 heterocycles. The van der Waals surface area contributed by atoms with Gasteiger partial charge >= 0.3 is 6.55 Å². The van der Waals surface area contributed by atoms with Crippen molar-refractivity contribution in [3.8, 4) is 0 Å². The van der Waals surface area contributed by atoms with Crippen LogP contribution in [0.15, 0.2) is 30.6 Å². The Balaban J connectivity index is 1.76. The van der Waals surface area contributed by atoms with Gasteiger partial charge in [-0.15, -0.1) is 0 Å². The summed E-state index contributed by atoms with van der Waals surface area (Å²) in [6.07, 6.45) is 6.93. The second-order valence-corrected chi connectivity index (χ2v) is 5.88. The van der Waals surface area contributed by atoms with E-state index in [1.54, 1.807) is 7.05 Å². The number of fused-ring (bicyclic) bond motifs is 1. The number of hydrogen-bond donors (Lipinski definition) is 0. The predicted octanol–water partition coefficient (Wildman–Crippen LogP) is 3.43. The molecule has 1 aliphatic carbocycles. The van der Waals surface area contributed by atoms with Crippen LogP contribution in [0.2, 0.25) is 0 Å². The molecule has 23 heavy (non-hydrogen) atoms. The van der Waals surface area contributed by atoms with E-state index in [9.17, 15) is 13.6 Å². The Labute approximate surface area is 133 Å². The number of rotatable bonds is 4.